The van der Waals surface area contributed by atoms with Crippen LogP contribution < -0.4 is 15.4 Å². The van der Waals surface area contributed by atoms with E-state index in [2.05, 4.69) is 20.3 Å². The third-order valence-corrected chi connectivity index (χ3v) is 3.43. The highest BCUT2D eigenvalue weighted by Crippen LogP contribution is 1.81. The quantitative estimate of drug-likeness (QED) is 0.212. The largest absolute Gasteiger partial charge is 0.383 e. The first-order valence-electron chi connectivity index (χ1n) is 6.04. The average molecular weight is 408 g/mol. The molecule has 0 rings (SSSR count). The molecule has 0 saturated carbocycles. The summed E-state index contributed by atoms with van der Waals surface area (Å²) in [6.45, 7) is 6.25. The van der Waals surface area contributed by atoms with Crippen LogP contribution in [0.4, 0.5) is 0 Å². The molecule has 0 unspecified atom stereocenters. The average Bonchev–Trinajstić information content (AvgIpc) is 2.35. The highest BCUT2D eigenvalue weighted by atomic mass is 127. The van der Waals surface area contributed by atoms with Gasteiger partial charge < -0.3 is 15.4 Å². The molecular formula is C10H25IN4O3S. The number of halogens is 1. The molecule has 0 radical (unpaired) electrons. The van der Waals surface area contributed by atoms with Crippen molar-refractivity contribution in [3.63, 3.8) is 0 Å². The molecule has 0 atom stereocenters. The third kappa shape index (κ3) is 12.6. The van der Waals surface area contributed by atoms with Gasteiger partial charge in [-0.2, -0.15) is 0 Å². The van der Waals surface area contributed by atoms with Crippen molar-refractivity contribution in [2.45, 2.75) is 13.8 Å². The molecule has 0 aliphatic carbocycles. The Bertz CT molecular complexity index is 336. The molecule has 0 aliphatic rings. The minimum Gasteiger partial charge on any atom is -0.383 e. The number of nitrogens with one attached hydrogen (secondary N) is 3. The monoisotopic (exact) mass is 408 g/mol. The summed E-state index contributed by atoms with van der Waals surface area (Å²) in [6, 6.07) is 0. The zero-order valence-corrected chi connectivity index (χ0v) is 14.9. The first kappa shape index (κ1) is 21.2. The molecular weight excluding hydrogens is 383 g/mol. The molecule has 9 heteroatoms. The van der Waals surface area contributed by atoms with E-state index in [0.717, 1.165) is 6.54 Å². The molecule has 0 fully saturated rings. The maximum atomic E-state index is 11.2. The van der Waals surface area contributed by atoms with Crippen molar-refractivity contribution in [1.82, 2.24) is 15.4 Å². The van der Waals surface area contributed by atoms with Gasteiger partial charge in [-0.1, -0.05) is 0 Å². The summed E-state index contributed by atoms with van der Waals surface area (Å²) in [5.74, 6) is 0.744. The number of aliphatic imine (C=N–C) groups is 1. The second-order valence-corrected chi connectivity index (χ2v) is 5.57. The van der Waals surface area contributed by atoms with Crippen LogP contribution in [0.5, 0.6) is 0 Å². The Hall–Kier alpha value is -0.130. The number of hydrogen-bond acceptors (Lipinski definition) is 4. The van der Waals surface area contributed by atoms with Gasteiger partial charge in [-0.3, -0.25) is 4.99 Å². The molecule has 3 N–H and O–H groups in total. The number of nitrogens with zero attached hydrogens (tertiary/aromatic N) is 1. The van der Waals surface area contributed by atoms with Gasteiger partial charge in [0.1, 0.15) is 0 Å². The maximum absolute atomic E-state index is 11.2. The van der Waals surface area contributed by atoms with Gasteiger partial charge in [0.2, 0.25) is 10.0 Å². The van der Waals surface area contributed by atoms with E-state index in [1.165, 1.54) is 0 Å². The number of methoxy groups -OCH3 is 1. The number of sulfonamides is 1. The normalized spacial score (nSPS) is 11.8. The molecule has 0 aliphatic heterocycles. The second kappa shape index (κ2) is 12.9. The Labute approximate surface area is 133 Å². The summed E-state index contributed by atoms with van der Waals surface area (Å²) in [7, 11) is -1.50. The van der Waals surface area contributed by atoms with Crippen molar-refractivity contribution in [3.8, 4) is 0 Å². The number of guanidine groups is 1. The van der Waals surface area contributed by atoms with Crippen LogP contribution in [0.2, 0.25) is 0 Å². The summed E-state index contributed by atoms with van der Waals surface area (Å²) >= 11 is 0. The summed E-state index contributed by atoms with van der Waals surface area (Å²) in [4.78, 5) is 4.23. The zero-order chi connectivity index (χ0) is 13.9. The van der Waals surface area contributed by atoms with Gasteiger partial charge in [-0.25, -0.2) is 13.1 Å². The van der Waals surface area contributed by atoms with E-state index in [1.54, 1.807) is 14.0 Å². The van der Waals surface area contributed by atoms with Gasteiger partial charge >= 0.3 is 0 Å². The molecule has 116 valence electrons. The van der Waals surface area contributed by atoms with Crippen LogP contribution >= 0.6 is 24.0 Å². The fourth-order valence-electron chi connectivity index (χ4n) is 1.08. The predicted octanol–water partition coefficient (Wildman–Crippen LogP) is -0.255. The second-order valence-electron chi connectivity index (χ2n) is 3.48. The molecule has 0 amide bonds. The van der Waals surface area contributed by atoms with Crippen LogP contribution in [0.15, 0.2) is 4.99 Å². The summed E-state index contributed by atoms with van der Waals surface area (Å²) in [5.41, 5.74) is 0. The van der Waals surface area contributed by atoms with Gasteiger partial charge in [-0.05, 0) is 13.8 Å². The van der Waals surface area contributed by atoms with Crippen molar-refractivity contribution in [2.75, 3.05) is 45.6 Å². The fourth-order valence-corrected chi connectivity index (χ4v) is 1.69. The Morgan fingerprint density at radius 2 is 1.89 bits per heavy atom. The lowest BCUT2D eigenvalue weighted by molar-refractivity contribution is 0.203. The minimum absolute atomic E-state index is 0. The molecule has 0 spiro atoms. The van der Waals surface area contributed by atoms with Crippen LogP contribution in [0.1, 0.15) is 13.8 Å². The topological polar surface area (TPSA) is 91.8 Å². The molecule has 19 heavy (non-hydrogen) atoms. The van der Waals surface area contributed by atoms with Gasteiger partial charge in [-0.15, -0.1) is 24.0 Å². The Balaban J connectivity index is 0. The predicted molar refractivity (Wildman–Crippen MR) is 88.7 cm³/mol. The van der Waals surface area contributed by atoms with E-state index in [1.807, 2.05) is 6.92 Å². The SMILES string of the molecule is CCNC(=NCCNS(=O)(=O)CC)NCCOC.I. The summed E-state index contributed by atoms with van der Waals surface area (Å²) < 4.78 is 29.7. The van der Waals surface area contributed by atoms with Crippen LogP contribution in [0.25, 0.3) is 0 Å². The standard InChI is InChI=1S/C10H24N4O3S.HI/c1-4-11-10(13-8-9-17-3)12-6-7-14-18(15,16)5-2;/h14H,4-9H2,1-3H3,(H2,11,12,13);1H. The third-order valence-electron chi connectivity index (χ3n) is 2.03. The Morgan fingerprint density at radius 1 is 1.21 bits per heavy atom. The van der Waals surface area contributed by atoms with Gasteiger partial charge in [0, 0.05) is 26.7 Å². The summed E-state index contributed by atoms with van der Waals surface area (Å²) in [5, 5.41) is 6.13. The zero-order valence-electron chi connectivity index (χ0n) is 11.7. The van der Waals surface area contributed by atoms with Crippen LogP contribution in [0, 0.1) is 0 Å². The van der Waals surface area contributed by atoms with E-state index >= 15 is 0 Å². The van der Waals surface area contributed by atoms with E-state index < -0.39 is 10.0 Å². The minimum atomic E-state index is -3.13. The first-order valence-corrected chi connectivity index (χ1v) is 7.69. The lowest BCUT2D eigenvalue weighted by Gasteiger charge is -2.10. The van der Waals surface area contributed by atoms with Crippen LogP contribution in [0.3, 0.4) is 0 Å². The van der Waals surface area contributed by atoms with Gasteiger partial charge in [0.05, 0.1) is 18.9 Å². The lowest BCUT2D eigenvalue weighted by Crippen LogP contribution is -2.39. The molecule has 0 aromatic carbocycles. The van der Waals surface area contributed by atoms with Crippen molar-refractivity contribution < 1.29 is 13.2 Å². The Morgan fingerprint density at radius 3 is 2.42 bits per heavy atom. The molecule has 7 nitrogen and oxygen atoms in total. The number of hydrogen-bond donors (Lipinski definition) is 3. The smallest absolute Gasteiger partial charge is 0.211 e. The van der Waals surface area contributed by atoms with Gasteiger partial charge in [0.25, 0.3) is 0 Å². The molecule has 0 heterocycles. The van der Waals surface area contributed by atoms with E-state index in [0.29, 0.717) is 32.2 Å². The molecule has 0 aromatic heterocycles. The number of ether oxygens (including phenoxy) is 1. The molecule has 0 saturated heterocycles. The van der Waals surface area contributed by atoms with Crippen LogP contribution in [-0.4, -0.2) is 60.0 Å². The highest BCUT2D eigenvalue weighted by molar-refractivity contribution is 14.0. The number of rotatable bonds is 9. The maximum Gasteiger partial charge on any atom is 0.211 e. The molecule has 0 bridgehead atoms. The van der Waals surface area contributed by atoms with E-state index in [-0.39, 0.29) is 29.7 Å². The van der Waals surface area contributed by atoms with Crippen molar-refractivity contribution in [1.29, 1.82) is 0 Å². The van der Waals surface area contributed by atoms with E-state index in [9.17, 15) is 8.42 Å². The Kier molecular flexibility index (Phi) is 14.4. The molecule has 0 aromatic rings. The summed E-state index contributed by atoms with van der Waals surface area (Å²) in [6.07, 6.45) is 0. The first-order chi connectivity index (χ1) is 8.55. The lowest BCUT2D eigenvalue weighted by atomic mass is 10.6. The van der Waals surface area contributed by atoms with Crippen molar-refractivity contribution in [2.24, 2.45) is 4.99 Å². The van der Waals surface area contributed by atoms with Crippen LogP contribution in [-0.2, 0) is 14.8 Å². The van der Waals surface area contributed by atoms with E-state index in [4.69, 9.17) is 4.74 Å². The van der Waals surface area contributed by atoms with Crippen molar-refractivity contribution >= 4 is 40.0 Å². The van der Waals surface area contributed by atoms with Gasteiger partial charge in [0.15, 0.2) is 5.96 Å². The van der Waals surface area contributed by atoms with Crippen molar-refractivity contribution in [3.05, 3.63) is 0 Å². The highest BCUT2D eigenvalue weighted by Gasteiger charge is 2.04. The fraction of sp³-hybridized carbons (Fsp3) is 0.900.